The molecule has 0 atom stereocenters. The van der Waals surface area contributed by atoms with Gasteiger partial charge in [0.05, 0.1) is 12.7 Å². The zero-order valence-electron chi connectivity index (χ0n) is 16.7. The van der Waals surface area contributed by atoms with Crippen molar-refractivity contribution in [2.24, 2.45) is 0 Å². The molecule has 3 rings (SSSR count). The van der Waals surface area contributed by atoms with Crippen LogP contribution in [0.15, 0.2) is 64.5 Å². The van der Waals surface area contributed by atoms with Crippen LogP contribution >= 0.6 is 23.4 Å². The molecular formula is C23H23ClN2O2S. The first-order valence-electron chi connectivity index (χ1n) is 9.28. The van der Waals surface area contributed by atoms with Gasteiger partial charge in [-0.25, -0.2) is 4.98 Å². The number of aryl methyl sites for hydroxylation is 2. The summed E-state index contributed by atoms with van der Waals surface area (Å²) in [6, 6.07) is 15.6. The van der Waals surface area contributed by atoms with Gasteiger partial charge in [-0.05, 0) is 55.7 Å². The molecule has 0 saturated heterocycles. The number of halogens is 1. The minimum absolute atomic E-state index is 0.163. The number of ether oxygens (including phenoxy) is 1. The van der Waals surface area contributed by atoms with E-state index in [4.69, 9.17) is 16.3 Å². The minimum Gasteiger partial charge on any atom is -0.497 e. The highest BCUT2D eigenvalue weighted by atomic mass is 35.5. The van der Waals surface area contributed by atoms with Gasteiger partial charge in [0.2, 0.25) is 0 Å². The molecule has 0 saturated carbocycles. The average Bonchev–Trinajstić information content (AvgIpc) is 2.71. The van der Waals surface area contributed by atoms with Crippen molar-refractivity contribution >= 4 is 29.3 Å². The maximum atomic E-state index is 12.8. The Labute approximate surface area is 180 Å². The van der Waals surface area contributed by atoms with E-state index in [-0.39, 0.29) is 5.91 Å². The van der Waals surface area contributed by atoms with Crippen LogP contribution in [-0.4, -0.2) is 24.5 Å². The molecule has 0 aliphatic rings. The quantitative estimate of drug-likeness (QED) is 0.508. The second kappa shape index (κ2) is 9.81. The molecule has 1 amide bonds. The van der Waals surface area contributed by atoms with Crippen molar-refractivity contribution in [1.29, 1.82) is 0 Å². The topological polar surface area (TPSA) is 51.2 Å². The average molecular weight is 427 g/mol. The van der Waals surface area contributed by atoms with Gasteiger partial charge in [-0.3, -0.25) is 4.79 Å². The lowest BCUT2D eigenvalue weighted by molar-refractivity contribution is 0.0951. The number of amides is 1. The third-order valence-corrected chi connectivity index (χ3v) is 5.77. The Balaban J connectivity index is 1.71. The predicted octanol–water partition coefficient (Wildman–Crippen LogP) is 5.48. The Morgan fingerprint density at radius 2 is 2.00 bits per heavy atom. The van der Waals surface area contributed by atoms with Crippen LogP contribution in [0.4, 0.5) is 0 Å². The first kappa shape index (κ1) is 21.2. The highest BCUT2D eigenvalue weighted by molar-refractivity contribution is 7.99. The molecule has 3 aromatic rings. The molecule has 0 spiro atoms. The Bertz CT molecular complexity index is 1020. The second-order valence-electron chi connectivity index (χ2n) is 6.72. The summed E-state index contributed by atoms with van der Waals surface area (Å²) >= 11 is 7.51. The number of benzene rings is 2. The van der Waals surface area contributed by atoms with Crippen molar-refractivity contribution < 1.29 is 9.53 Å². The summed E-state index contributed by atoms with van der Waals surface area (Å²) in [6.45, 7) is 4.72. The highest BCUT2D eigenvalue weighted by Gasteiger charge is 2.14. The molecule has 0 unspecified atom stereocenters. The summed E-state index contributed by atoms with van der Waals surface area (Å²) in [5, 5.41) is 3.29. The van der Waals surface area contributed by atoms with Crippen molar-refractivity contribution in [2.75, 3.05) is 13.7 Å². The van der Waals surface area contributed by atoms with Gasteiger partial charge in [-0.2, -0.15) is 0 Å². The first-order valence-corrected chi connectivity index (χ1v) is 10.5. The van der Waals surface area contributed by atoms with Crippen LogP contribution in [-0.2, 0) is 6.42 Å². The molecule has 0 fully saturated rings. The maximum absolute atomic E-state index is 12.8. The molecule has 6 heteroatoms. The largest absolute Gasteiger partial charge is 0.497 e. The van der Waals surface area contributed by atoms with Crippen LogP contribution in [0.1, 0.15) is 27.0 Å². The molecular weight excluding hydrogens is 404 g/mol. The van der Waals surface area contributed by atoms with Crippen LogP contribution in [0.25, 0.3) is 0 Å². The van der Waals surface area contributed by atoms with E-state index in [1.807, 2.05) is 24.3 Å². The molecule has 150 valence electrons. The number of rotatable bonds is 7. The maximum Gasteiger partial charge on any atom is 0.252 e. The Morgan fingerprint density at radius 1 is 1.17 bits per heavy atom. The Kier molecular flexibility index (Phi) is 7.18. The number of nitrogens with one attached hydrogen (secondary N) is 1. The molecule has 1 aromatic heterocycles. The molecule has 2 aromatic carbocycles. The first-order chi connectivity index (χ1) is 14.0. The molecule has 0 aliphatic heterocycles. The third-order valence-electron chi connectivity index (χ3n) is 4.53. The van der Waals surface area contributed by atoms with E-state index < -0.39 is 0 Å². The van der Waals surface area contributed by atoms with Crippen LogP contribution in [0, 0.1) is 13.8 Å². The fourth-order valence-corrected chi connectivity index (χ4v) is 4.10. The van der Waals surface area contributed by atoms with Gasteiger partial charge in [0, 0.05) is 22.5 Å². The lowest BCUT2D eigenvalue weighted by Crippen LogP contribution is -2.26. The molecule has 0 bridgehead atoms. The van der Waals surface area contributed by atoms with Gasteiger partial charge in [0.25, 0.3) is 5.91 Å². The SMILES string of the molecule is COc1cccc(Sc2cnc(Cl)cc2C(=O)NCCc2ccc(C)cc2C)c1. The zero-order chi connectivity index (χ0) is 20.8. The second-order valence-corrected chi connectivity index (χ2v) is 8.22. The van der Waals surface area contributed by atoms with E-state index in [0.717, 1.165) is 22.0 Å². The van der Waals surface area contributed by atoms with Crippen molar-refractivity contribution in [3.63, 3.8) is 0 Å². The number of hydrogen-bond donors (Lipinski definition) is 1. The standard InChI is InChI=1S/C23H23ClN2O2S/c1-15-7-8-17(16(2)11-15)9-10-25-23(27)20-13-22(24)26-14-21(20)29-19-6-4-5-18(12-19)28-3/h4-8,11-14H,9-10H2,1-3H3,(H,25,27). The van der Waals surface area contributed by atoms with E-state index in [1.54, 1.807) is 19.4 Å². The molecule has 1 heterocycles. The van der Waals surface area contributed by atoms with Crippen LogP contribution in [0.5, 0.6) is 5.75 Å². The van der Waals surface area contributed by atoms with E-state index in [0.29, 0.717) is 17.3 Å². The minimum atomic E-state index is -0.163. The van der Waals surface area contributed by atoms with Crippen molar-refractivity contribution in [2.45, 2.75) is 30.1 Å². The van der Waals surface area contributed by atoms with E-state index in [2.05, 4.69) is 42.3 Å². The van der Waals surface area contributed by atoms with Gasteiger partial charge >= 0.3 is 0 Å². The smallest absolute Gasteiger partial charge is 0.252 e. The number of methoxy groups -OCH3 is 1. The molecule has 0 aliphatic carbocycles. The number of hydrogen-bond acceptors (Lipinski definition) is 4. The van der Waals surface area contributed by atoms with Crippen LogP contribution in [0.3, 0.4) is 0 Å². The summed E-state index contributed by atoms with van der Waals surface area (Å²) < 4.78 is 5.27. The van der Waals surface area contributed by atoms with Gasteiger partial charge < -0.3 is 10.1 Å². The van der Waals surface area contributed by atoms with Gasteiger partial charge in [0.1, 0.15) is 10.9 Å². The van der Waals surface area contributed by atoms with E-state index in [9.17, 15) is 4.79 Å². The summed E-state index contributed by atoms with van der Waals surface area (Å²) in [6.07, 6.45) is 2.40. The van der Waals surface area contributed by atoms with Crippen LogP contribution < -0.4 is 10.1 Å². The van der Waals surface area contributed by atoms with Crippen LogP contribution in [0.2, 0.25) is 5.15 Å². The highest BCUT2D eigenvalue weighted by Crippen LogP contribution is 2.32. The Morgan fingerprint density at radius 3 is 2.76 bits per heavy atom. The predicted molar refractivity (Wildman–Crippen MR) is 118 cm³/mol. The monoisotopic (exact) mass is 426 g/mol. The Hall–Kier alpha value is -2.50. The molecule has 1 N–H and O–H groups in total. The normalized spacial score (nSPS) is 10.6. The van der Waals surface area contributed by atoms with Gasteiger partial charge in [-0.15, -0.1) is 0 Å². The number of nitrogens with zero attached hydrogens (tertiary/aromatic N) is 1. The number of aromatic nitrogens is 1. The van der Waals surface area contributed by atoms with Crippen molar-refractivity contribution in [3.8, 4) is 5.75 Å². The van der Waals surface area contributed by atoms with Crippen molar-refractivity contribution in [3.05, 3.63) is 82.1 Å². The molecule has 0 radical (unpaired) electrons. The third kappa shape index (κ3) is 5.75. The van der Waals surface area contributed by atoms with E-state index in [1.165, 1.54) is 28.5 Å². The zero-order valence-corrected chi connectivity index (χ0v) is 18.2. The summed E-state index contributed by atoms with van der Waals surface area (Å²) in [7, 11) is 1.63. The molecule has 29 heavy (non-hydrogen) atoms. The lowest BCUT2D eigenvalue weighted by atomic mass is 10.0. The number of carbonyl (C=O) groups excluding carboxylic acids is 1. The lowest BCUT2D eigenvalue weighted by Gasteiger charge is -2.12. The summed E-state index contributed by atoms with van der Waals surface area (Å²) in [4.78, 5) is 18.7. The van der Waals surface area contributed by atoms with Gasteiger partial charge in [-0.1, -0.05) is 53.2 Å². The van der Waals surface area contributed by atoms with Crippen molar-refractivity contribution in [1.82, 2.24) is 10.3 Å². The summed E-state index contributed by atoms with van der Waals surface area (Å²) in [5.74, 6) is 0.598. The number of carbonyl (C=O) groups is 1. The fraction of sp³-hybridized carbons (Fsp3) is 0.217. The summed E-state index contributed by atoms with van der Waals surface area (Å²) in [5.41, 5.74) is 4.22. The number of pyridine rings is 1. The fourth-order valence-electron chi connectivity index (χ4n) is 3.00. The molecule has 4 nitrogen and oxygen atoms in total. The van der Waals surface area contributed by atoms with E-state index >= 15 is 0 Å². The van der Waals surface area contributed by atoms with Gasteiger partial charge in [0.15, 0.2) is 0 Å².